The number of pyridine rings is 1. The van der Waals surface area contributed by atoms with E-state index in [4.69, 9.17) is 0 Å². The second-order valence-corrected chi connectivity index (χ2v) is 4.16. The molecule has 2 amide bonds. The van der Waals surface area contributed by atoms with Crippen LogP contribution in [-0.2, 0) is 9.59 Å². The number of carbonyl (C=O) groups is 2. The van der Waals surface area contributed by atoms with Crippen LogP contribution in [0.25, 0.3) is 5.65 Å². The zero-order valence-corrected chi connectivity index (χ0v) is 9.96. The van der Waals surface area contributed by atoms with Crippen molar-refractivity contribution in [1.82, 2.24) is 14.8 Å². The lowest BCUT2D eigenvalue weighted by Gasteiger charge is -2.12. The minimum Gasteiger partial charge on any atom is -0.320 e. The number of rotatable bonds is 2. The van der Waals surface area contributed by atoms with Crippen LogP contribution >= 0.6 is 0 Å². The van der Waals surface area contributed by atoms with E-state index < -0.39 is 0 Å². The van der Waals surface area contributed by atoms with Crippen molar-refractivity contribution in [2.24, 2.45) is 5.10 Å². The number of nitrogens with one attached hydrogen (secondary N) is 2. The summed E-state index contributed by atoms with van der Waals surface area (Å²) in [6, 6.07) is 3.57. The lowest BCUT2D eigenvalue weighted by atomic mass is 10.1. The number of imidazole rings is 1. The van der Waals surface area contributed by atoms with E-state index in [1.165, 1.54) is 0 Å². The Hall–Kier alpha value is -2.70. The third-order valence-corrected chi connectivity index (χ3v) is 2.81. The number of hydrogen-bond donors (Lipinski definition) is 2. The lowest BCUT2D eigenvalue weighted by Crippen LogP contribution is -2.32. The first-order valence-corrected chi connectivity index (χ1v) is 5.82. The van der Waals surface area contributed by atoms with Crippen molar-refractivity contribution in [3.63, 3.8) is 0 Å². The van der Waals surface area contributed by atoms with E-state index in [0.29, 0.717) is 17.8 Å². The Morgan fingerprint density at radius 2 is 2.26 bits per heavy atom. The predicted molar refractivity (Wildman–Crippen MR) is 68.6 cm³/mol. The maximum atomic E-state index is 11.9. The van der Waals surface area contributed by atoms with Gasteiger partial charge in [-0.05, 0) is 12.1 Å². The van der Waals surface area contributed by atoms with Crippen molar-refractivity contribution in [3.05, 3.63) is 30.7 Å². The molecule has 0 aromatic carbocycles. The van der Waals surface area contributed by atoms with Crippen molar-refractivity contribution in [2.75, 3.05) is 5.32 Å². The number of aromatic nitrogens is 2. The molecular formula is C12H11N5O2. The average molecular weight is 257 g/mol. The van der Waals surface area contributed by atoms with Gasteiger partial charge in [0.2, 0.25) is 5.91 Å². The van der Waals surface area contributed by atoms with Crippen LogP contribution in [0.1, 0.15) is 12.8 Å². The Morgan fingerprint density at radius 1 is 1.37 bits per heavy atom. The van der Waals surface area contributed by atoms with E-state index >= 15 is 0 Å². The lowest BCUT2D eigenvalue weighted by molar-refractivity contribution is -0.121. The molecule has 0 aliphatic carbocycles. The van der Waals surface area contributed by atoms with Gasteiger partial charge in [-0.3, -0.25) is 9.59 Å². The van der Waals surface area contributed by atoms with Crippen LogP contribution in [0, 0.1) is 0 Å². The Bertz CT molecular complexity index is 688. The molecule has 1 aliphatic heterocycles. The van der Waals surface area contributed by atoms with Crippen LogP contribution in [-0.4, -0.2) is 26.9 Å². The van der Waals surface area contributed by atoms with Gasteiger partial charge in [0.25, 0.3) is 5.91 Å². The van der Waals surface area contributed by atoms with E-state index in [0.717, 1.165) is 5.65 Å². The van der Waals surface area contributed by atoms with Gasteiger partial charge in [0.1, 0.15) is 11.4 Å². The van der Waals surface area contributed by atoms with Gasteiger partial charge in [0.05, 0.1) is 5.69 Å². The number of hydrogen-bond acceptors (Lipinski definition) is 4. The van der Waals surface area contributed by atoms with Gasteiger partial charge in [-0.2, -0.15) is 5.10 Å². The summed E-state index contributed by atoms with van der Waals surface area (Å²) in [7, 11) is 0. The van der Waals surface area contributed by atoms with Crippen LogP contribution in [0.3, 0.4) is 0 Å². The summed E-state index contributed by atoms with van der Waals surface area (Å²) in [6.07, 6.45) is 5.88. The molecular weight excluding hydrogens is 246 g/mol. The summed E-state index contributed by atoms with van der Waals surface area (Å²) in [5, 5.41) is 6.48. The highest BCUT2D eigenvalue weighted by molar-refractivity contribution is 6.43. The van der Waals surface area contributed by atoms with Crippen LogP contribution in [0.5, 0.6) is 0 Å². The molecule has 2 aromatic heterocycles. The second kappa shape index (κ2) is 4.52. The Labute approximate surface area is 108 Å². The molecule has 2 N–H and O–H groups in total. The number of amides is 2. The number of anilines is 1. The predicted octanol–water partition coefficient (Wildman–Crippen LogP) is 0.539. The molecule has 0 saturated carbocycles. The summed E-state index contributed by atoms with van der Waals surface area (Å²) in [5.74, 6) is -0.476. The first-order valence-electron chi connectivity index (χ1n) is 5.82. The number of carbonyl (C=O) groups excluding carboxylic acids is 2. The number of fused-ring (bicyclic) bond motifs is 1. The first-order chi connectivity index (χ1) is 9.22. The number of hydrazone groups is 1. The Morgan fingerprint density at radius 3 is 3.05 bits per heavy atom. The molecule has 3 heterocycles. The quantitative estimate of drug-likeness (QED) is 0.823. The fourth-order valence-corrected chi connectivity index (χ4v) is 1.84. The second-order valence-electron chi connectivity index (χ2n) is 4.16. The van der Waals surface area contributed by atoms with Crippen LogP contribution in [0.4, 0.5) is 5.69 Å². The third kappa shape index (κ3) is 2.30. The minimum atomic E-state index is -0.306. The third-order valence-electron chi connectivity index (χ3n) is 2.81. The minimum absolute atomic E-state index is 0.170. The van der Waals surface area contributed by atoms with Gasteiger partial charge in [0.15, 0.2) is 0 Å². The van der Waals surface area contributed by atoms with Crippen molar-refractivity contribution >= 4 is 28.9 Å². The molecule has 7 heteroatoms. The smallest absolute Gasteiger partial charge is 0.271 e. The fourth-order valence-electron chi connectivity index (χ4n) is 1.84. The molecule has 1 aliphatic rings. The Kier molecular flexibility index (Phi) is 2.71. The zero-order valence-electron chi connectivity index (χ0n) is 9.96. The van der Waals surface area contributed by atoms with Crippen molar-refractivity contribution in [1.29, 1.82) is 0 Å². The molecule has 0 bridgehead atoms. The molecule has 0 spiro atoms. The molecule has 7 nitrogen and oxygen atoms in total. The molecule has 2 aromatic rings. The van der Waals surface area contributed by atoms with E-state index in [1.54, 1.807) is 35.1 Å². The summed E-state index contributed by atoms with van der Waals surface area (Å²) >= 11 is 0. The van der Waals surface area contributed by atoms with Gasteiger partial charge < -0.3 is 9.72 Å². The van der Waals surface area contributed by atoms with E-state index in [2.05, 4.69) is 20.8 Å². The summed E-state index contributed by atoms with van der Waals surface area (Å²) in [5.41, 5.74) is 4.08. The maximum absolute atomic E-state index is 11.9. The van der Waals surface area contributed by atoms with Gasteiger partial charge in [-0.15, -0.1) is 0 Å². The van der Waals surface area contributed by atoms with Gasteiger partial charge in [0, 0.05) is 31.4 Å². The van der Waals surface area contributed by atoms with Gasteiger partial charge >= 0.3 is 0 Å². The van der Waals surface area contributed by atoms with E-state index in [-0.39, 0.29) is 18.2 Å². The molecule has 0 unspecified atom stereocenters. The highest BCUT2D eigenvalue weighted by atomic mass is 16.2. The number of nitrogens with zero attached hydrogens (tertiary/aromatic N) is 3. The summed E-state index contributed by atoms with van der Waals surface area (Å²) in [6.45, 7) is 0. The molecule has 0 atom stereocenters. The normalized spacial score (nSPS) is 14.9. The fraction of sp³-hybridized carbons (Fsp3) is 0.167. The van der Waals surface area contributed by atoms with Crippen molar-refractivity contribution in [3.8, 4) is 0 Å². The molecule has 0 radical (unpaired) electrons. The van der Waals surface area contributed by atoms with Crippen LogP contribution in [0.2, 0.25) is 0 Å². The summed E-state index contributed by atoms with van der Waals surface area (Å²) in [4.78, 5) is 27.0. The Balaban J connectivity index is 1.77. The highest BCUT2D eigenvalue weighted by Crippen LogP contribution is 2.10. The monoisotopic (exact) mass is 257 g/mol. The van der Waals surface area contributed by atoms with Gasteiger partial charge in [-0.25, -0.2) is 10.4 Å². The largest absolute Gasteiger partial charge is 0.320 e. The standard InChI is InChI=1S/C12H11N5O2/c18-11-4-2-9(15-16-11)12(19)14-8-1-3-10-13-5-6-17(10)7-8/h1,3,5-7H,2,4H2,(H,14,19)(H,16,18). The van der Waals surface area contributed by atoms with E-state index in [1.807, 2.05) is 0 Å². The zero-order chi connectivity index (χ0) is 13.2. The van der Waals surface area contributed by atoms with Crippen LogP contribution in [0.15, 0.2) is 35.8 Å². The van der Waals surface area contributed by atoms with E-state index in [9.17, 15) is 9.59 Å². The molecule has 19 heavy (non-hydrogen) atoms. The molecule has 0 saturated heterocycles. The van der Waals surface area contributed by atoms with Crippen molar-refractivity contribution < 1.29 is 9.59 Å². The highest BCUT2D eigenvalue weighted by Gasteiger charge is 2.18. The summed E-state index contributed by atoms with van der Waals surface area (Å²) < 4.78 is 1.81. The first kappa shape index (κ1) is 11.4. The SMILES string of the molecule is O=C1CCC(C(=O)Nc2ccc3nccn3c2)=NN1. The van der Waals surface area contributed by atoms with Crippen molar-refractivity contribution in [2.45, 2.75) is 12.8 Å². The molecule has 0 fully saturated rings. The topological polar surface area (TPSA) is 87.9 Å². The van der Waals surface area contributed by atoms with Crippen LogP contribution < -0.4 is 10.7 Å². The average Bonchev–Trinajstić information content (AvgIpc) is 2.87. The molecule has 3 rings (SSSR count). The maximum Gasteiger partial charge on any atom is 0.271 e. The molecule has 96 valence electrons. The van der Waals surface area contributed by atoms with Gasteiger partial charge in [-0.1, -0.05) is 0 Å².